The van der Waals surface area contributed by atoms with Gasteiger partial charge in [0.05, 0.1) is 0 Å². The zero-order valence-corrected chi connectivity index (χ0v) is 13.4. The molecule has 0 saturated heterocycles. The van der Waals surface area contributed by atoms with Crippen LogP contribution in [0.1, 0.15) is 13.3 Å². The van der Waals surface area contributed by atoms with E-state index in [0.717, 1.165) is 18.7 Å². The Morgan fingerprint density at radius 3 is 2.14 bits per heavy atom. The fraction of sp³-hybridized carbons (Fsp3) is 0.500. The number of hydrogen-bond acceptors (Lipinski definition) is 3. The Bertz CT molecular complexity index is 460. The number of hydrogen-bond donors (Lipinski definition) is 0. The molecule has 116 valence electrons. The summed E-state index contributed by atoms with van der Waals surface area (Å²) in [5, 5.41) is 0. The van der Waals surface area contributed by atoms with E-state index in [1.165, 1.54) is 6.92 Å². The third-order valence-electron chi connectivity index (χ3n) is 3.32. The van der Waals surface area contributed by atoms with E-state index >= 15 is 0 Å². The maximum atomic E-state index is 12.3. The predicted octanol–water partition coefficient (Wildman–Crippen LogP) is 1.45. The van der Waals surface area contributed by atoms with Crippen LogP contribution in [0, 0.1) is 0 Å². The second-order valence-corrected chi connectivity index (χ2v) is 5.39. The molecule has 0 aliphatic rings. The number of rotatable bonds is 7. The van der Waals surface area contributed by atoms with Gasteiger partial charge in [0.1, 0.15) is 6.54 Å². The molecule has 0 bridgehead atoms. The first kappa shape index (κ1) is 17.2. The van der Waals surface area contributed by atoms with Crippen LogP contribution in [-0.4, -0.2) is 62.4 Å². The molecule has 0 N–H and O–H groups in total. The molecule has 0 spiro atoms. The fourth-order valence-corrected chi connectivity index (χ4v) is 1.99. The van der Waals surface area contributed by atoms with E-state index in [4.69, 9.17) is 0 Å². The number of carbonyl (C=O) groups excluding carboxylic acids is 2. The number of benzene rings is 1. The average molecular weight is 291 g/mol. The van der Waals surface area contributed by atoms with Gasteiger partial charge in [-0.15, -0.1) is 0 Å². The van der Waals surface area contributed by atoms with E-state index in [1.54, 1.807) is 16.8 Å². The Hall–Kier alpha value is -1.88. The van der Waals surface area contributed by atoms with Gasteiger partial charge in [0, 0.05) is 26.2 Å². The minimum Gasteiger partial charge on any atom is -0.334 e. The summed E-state index contributed by atoms with van der Waals surface area (Å²) >= 11 is 0. The van der Waals surface area contributed by atoms with Crippen molar-refractivity contribution in [2.24, 2.45) is 0 Å². The Balaban J connectivity index is 2.58. The predicted molar refractivity (Wildman–Crippen MR) is 85.3 cm³/mol. The lowest BCUT2D eigenvalue weighted by Crippen LogP contribution is -2.41. The number of amides is 2. The molecule has 5 heteroatoms. The summed E-state index contributed by atoms with van der Waals surface area (Å²) in [5.74, 6) is -0.148. The van der Waals surface area contributed by atoms with Gasteiger partial charge < -0.3 is 14.7 Å². The van der Waals surface area contributed by atoms with Crippen LogP contribution in [0.25, 0.3) is 0 Å². The molecule has 5 nitrogen and oxygen atoms in total. The Morgan fingerprint density at radius 2 is 1.62 bits per heavy atom. The van der Waals surface area contributed by atoms with E-state index in [2.05, 4.69) is 4.90 Å². The summed E-state index contributed by atoms with van der Waals surface area (Å²) in [5.41, 5.74) is 0.833. The Kier molecular flexibility index (Phi) is 6.88. The highest BCUT2D eigenvalue weighted by atomic mass is 16.2. The van der Waals surface area contributed by atoms with Crippen LogP contribution in [0.3, 0.4) is 0 Å². The molecule has 0 radical (unpaired) electrons. The number of nitrogens with zero attached hydrogens (tertiary/aromatic N) is 3. The number of para-hydroxylation sites is 1. The van der Waals surface area contributed by atoms with Crippen molar-refractivity contribution in [2.75, 3.05) is 45.7 Å². The zero-order chi connectivity index (χ0) is 15.8. The summed E-state index contributed by atoms with van der Waals surface area (Å²) in [6, 6.07) is 9.44. The van der Waals surface area contributed by atoms with Crippen molar-refractivity contribution in [3.8, 4) is 0 Å². The van der Waals surface area contributed by atoms with Crippen LogP contribution in [-0.2, 0) is 9.59 Å². The zero-order valence-electron chi connectivity index (χ0n) is 13.4. The normalized spacial score (nSPS) is 10.5. The summed E-state index contributed by atoms with van der Waals surface area (Å²) < 4.78 is 0. The van der Waals surface area contributed by atoms with E-state index < -0.39 is 0 Å². The molecule has 0 saturated carbocycles. The van der Waals surface area contributed by atoms with Gasteiger partial charge in [-0.3, -0.25) is 9.59 Å². The van der Waals surface area contributed by atoms with Crippen molar-refractivity contribution in [2.45, 2.75) is 13.3 Å². The van der Waals surface area contributed by atoms with Crippen molar-refractivity contribution in [1.29, 1.82) is 0 Å². The molecule has 0 heterocycles. The van der Waals surface area contributed by atoms with Crippen LogP contribution >= 0.6 is 0 Å². The maximum absolute atomic E-state index is 12.3. The van der Waals surface area contributed by atoms with E-state index in [-0.39, 0.29) is 18.4 Å². The quantitative estimate of drug-likeness (QED) is 0.764. The first-order chi connectivity index (χ1) is 9.91. The van der Waals surface area contributed by atoms with E-state index in [0.29, 0.717) is 6.54 Å². The second-order valence-electron chi connectivity index (χ2n) is 5.39. The van der Waals surface area contributed by atoms with Gasteiger partial charge in [0.2, 0.25) is 11.8 Å². The first-order valence-corrected chi connectivity index (χ1v) is 7.13. The smallest absolute Gasteiger partial charge is 0.246 e. The van der Waals surface area contributed by atoms with Gasteiger partial charge >= 0.3 is 0 Å². The number of carbonyl (C=O) groups is 2. The lowest BCUT2D eigenvalue weighted by Gasteiger charge is -2.25. The van der Waals surface area contributed by atoms with Gasteiger partial charge in [0.25, 0.3) is 0 Å². The van der Waals surface area contributed by atoms with Gasteiger partial charge in [-0.05, 0) is 39.2 Å². The average Bonchev–Trinajstić information content (AvgIpc) is 2.45. The lowest BCUT2D eigenvalue weighted by molar-refractivity contribution is -0.133. The van der Waals surface area contributed by atoms with Crippen LogP contribution in [0.5, 0.6) is 0 Å². The maximum Gasteiger partial charge on any atom is 0.246 e. The topological polar surface area (TPSA) is 43.9 Å². The molecule has 1 aromatic carbocycles. The molecule has 0 aliphatic heterocycles. The molecular weight excluding hydrogens is 266 g/mol. The molecule has 0 aromatic heterocycles. The van der Waals surface area contributed by atoms with Crippen LogP contribution in [0.15, 0.2) is 30.3 Å². The summed E-state index contributed by atoms with van der Waals surface area (Å²) in [6.07, 6.45) is 0.856. The minimum absolute atomic E-state index is 0.0661. The van der Waals surface area contributed by atoms with Gasteiger partial charge in [0.15, 0.2) is 0 Å². The molecular formula is C16H25N3O2. The molecule has 0 aliphatic carbocycles. The standard InChI is InChI=1S/C16H25N3O2/c1-14(20)19(12-8-11-17(2)3)13-16(21)18(4)15-9-6-5-7-10-15/h5-7,9-10H,8,11-13H2,1-4H3. The second kappa shape index (κ2) is 8.42. The molecule has 21 heavy (non-hydrogen) atoms. The van der Waals surface area contributed by atoms with Gasteiger partial charge in [-0.25, -0.2) is 0 Å². The van der Waals surface area contributed by atoms with Gasteiger partial charge in [-0.2, -0.15) is 0 Å². The highest BCUT2D eigenvalue weighted by Gasteiger charge is 2.17. The molecule has 2 amide bonds. The summed E-state index contributed by atoms with van der Waals surface area (Å²) in [7, 11) is 5.72. The minimum atomic E-state index is -0.0822. The number of likely N-dealkylation sites (N-methyl/N-ethyl adjacent to an activating group) is 1. The molecule has 0 atom stereocenters. The van der Waals surface area contributed by atoms with Crippen molar-refractivity contribution in [1.82, 2.24) is 9.80 Å². The highest BCUT2D eigenvalue weighted by molar-refractivity contribution is 5.95. The Labute approximate surface area is 127 Å². The van der Waals surface area contributed by atoms with E-state index in [1.807, 2.05) is 44.4 Å². The SMILES string of the molecule is CC(=O)N(CCCN(C)C)CC(=O)N(C)c1ccccc1. The largest absolute Gasteiger partial charge is 0.334 e. The molecule has 1 aromatic rings. The highest BCUT2D eigenvalue weighted by Crippen LogP contribution is 2.11. The monoisotopic (exact) mass is 291 g/mol. The third kappa shape index (κ3) is 5.95. The molecule has 0 unspecified atom stereocenters. The van der Waals surface area contributed by atoms with Gasteiger partial charge in [-0.1, -0.05) is 18.2 Å². The summed E-state index contributed by atoms with van der Waals surface area (Å²) in [4.78, 5) is 29.2. The van der Waals surface area contributed by atoms with Crippen molar-refractivity contribution < 1.29 is 9.59 Å². The Morgan fingerprint density at radius 1 is 1.00 bits per heavy atom. The van der Waals surface area contributed by atoms with Crippen molar-refractivity contribution >= 4 is 17.5 Å². The van der Waals surface area contributed by atoms with Crippen molar-refractivity contribution in [3.63, 3.8) is 0 Å². The fourth-order valence-electron chi connectivity index (χ4n) is 1.99. The van der Waals surface area contributed by atoms with Crippen LogP contribution in [0.2, 0.25) is 0 Å². The van der Waals surface area contributed by atoms with Crippen LogP contribution in [0.4, 0.5) is 5.69 Å². The summed E-state index contributed by atoms with van der Waals surface area (Å²) in [6.45, 7) is 3.12. The number of anilines is 1. The molecule has 1 rings (SSSR count). The first-order valence-electron chi connectivity index (χ1n) is 7.13. The van der Waals surface area contributed by atoms with Crippen molar-refractivity contribution in [3.05, 3.63) is 30.3 Å². The third-order valence-corrected chi connectivity index (χ3v) is 3.32. The van der Waals surface area contributed by atoms with E-state index in [9.17, 15) is 9.59 Å². The lowest BCUT2D eigenvalue weighted by atomic mass is 10.3. The van der Waals surface area contributed by atoms with Crippen LogP contribution < -0.4 is 4.90 Å². The molecule has 0 fully saturated rings.